The summed E-state index contributed by atoms with van der Waals surface area (Å²) in [6, 6.07) is 6.24. The highest BCUT2D eigenvalue weighted by Crippen LogP contribution is 2.34. The van der Waals surface area contributed by atoms with Crippen LogP contribution in [0.2, 0.25) is 0 Å². The van der Waals surface area contributed by atoms with Gasteiger partial charge in [0.15, 0.2) is 0 Å². The van der Waals surface area contributed by atoms with E-state index in [0.717, 1.165) is 13.1 Å². The molecule has 120 valence electrons. The molecule has 7 heteroatoms. The first-order valence-corrected chi connectivity index (χ1v) is 6.65. The van der Waals surface area contributed by atoms with Crippen LogP contribution in [0.15, 0.2) is 24.3 Å². The van der Waals surface area contributed by atoms with Crippen molar-refractivity contribution >= 4 is 12.4 Å². The lowest BCUT2D eigenvalue weighted by molar-refractivity contribution is -0.148. The van der Waals surface area contributed by atoms with Crippen LogP contribution in [0.25, 0.3) is 0 Å². The second-order valence-electron chi connectivity index (χ2n) is 4.89. The molecule has 2 rings (SSSR count). The smallest absolute Gasteiger partial charge is 0.390 e. The highest BCUT2D eigenvalue weighted by Gasteiger charge is 2.35. The van der Waals surface area contributed by atoms with E-state index in [9.17, 15) is 13.2 Å². The van der Waals surface area contributed by atoms with Crippen LogP contribution in [-0.2, 0) is 0 Å². The number of benzene rings is 1. The number of nitrogens with one attached hydrogen (secondary N) is 1. The number of hydrogen-bond donors (Lipinski definition) is 1. The maximum absolute atomic E-state index is 12.8. The molecular formula is C14H20ClF3N2O. The van der Waals surface area contributed by atoms with Gasteiger partial charge in [0.1, 0.15) is 5.75 Å². The topological polar surface area (TPSA) is 24.5 Å². The summed E-state index contributed by atoms with van der Waals surface area (Å²) in [5, 5.41) is 3.16. The van der Waals surface area contributed by atoms with Gasteiger partial charge in [0.2, 0.25) is 0 Å². The van der Waals surface area contributed by atoms with Gasteiger partial charge < -0.3 is 10.1 Å². The predicted octanol–water partition coefficient (Wildman–Crippen LogP) is 3.02. The highest BCUT2D eigenvalue weighted by atomic mass is 35.5. The van der Waals surface area contributed by atoms with Gasteiger partial charge >= 0.3 is 6.18 Å². The second-order valence-corrected chi connectivity index (χ2v) is 4.89. The van der Waals surface area contributed by atoms with Gasteiger partial charge in [0.25, 0.3) is 0 Å². The summed E-state index contributed by atoms with van der Waals surface area (Å²) in [4.78, 5) is 1.89. The molecule has 0 spiro atoms. The zero-order valence-corrected chi connectivity index (χ0v) is 12.6. The number of hydrogen-bond acceptors (Lipinski definition) is 3. The van der Waals surface area contributed by atoms with Crippen molar-refractivity contribution in [1.29, 1.82) is 0 Å². The molecule has 0 amide bonds. The van der Waals surface area contributed by atoms with Crippen molar-refractivity contribution in [3.8, 4) is 5.75 Å². The zero-order valence-electron chi connectivity index (χ0n) is 11.8. The molecule has 1 aliphatic heterocycles. The van der Waals surface area contributed by atoms with E-state index in [1.807, 2.05) is 4.90 Å². The summed E-state index contributed by atoms with van der Waals surface area (Å²) in [7, 11) is 1.54. The van der Waals surface area contributed by atoms with Gasteiger partial charge in [-0.2, -0.15) is 13.2 Å². The molecule has 1 atom stereocenters. The van der Waals surface area contributed by atoms with Gasteiger partial charge in [-0.3, -0.25) is 4.90 Å². The maximum Gasteiger partial charge on any atom is 0.390 e. The lowest BCUT2D eigenvalue weighted by Crippen LogP contribution is -2.46. The standard InChI is InChI=1S/C14H19F3N2O.ClH/c1-20-12-4-2-11(3-5-12)13(10-14(15,16)17)19-8-6-18-7-9-19;/h2-5,13,18H,6-10H2,1H3;1H/t13-;/m1./s1. The van der Waals surface area contributed by atoms with E-state index in [-0.39, 0.29) is 12.4 Å². The van der Waals surface area contributed by atoms with Crippen LogP contribution in [0.3, 0.4) is 0 Å². The third-order valence-corrected chi connectivity index (χ3v) is 3.52. The van der Waals surface area contributed by atoms with Gasteiger partial charge in [-0.15, -0.1) is 12.4 Å². The molecule has 1 fully saturated rings. The Balaban J connectivity index is 0.00000220. The van der Waals surface area contributed by atoms with E-state index in [2.05, 4.69) is 5.32 Å². The SMILES string of the molecule is COc1ccc([C@@H](CC(F)(F)F)N2CCNCC2)cc1.Cl. The quantitative estimate of drug-likeness (QED) is 0.921. The third kappa shape index (κ3) is 5.37. The summed E-state index contributed by atoms with van der Waals surface area (Å²) in [5.74, 6) is 0.653. The molecule has 0 aromatic heterocycles. The Morgan fingerprint density at radius 1 is 1.19 bits per heavy atom. The number of halogens is 4. The Morgan fingerprint density at radius 3 is 2.24 bits per heavy atom. The van der Waals surface area contributed by atoms with E-state index >= 15 is 0 Å². The lowest BCUT2D eigenvalue weighted by atomic mass is 10.0. The number of piperazine rings is 1. The summed E-state index contributed by atoms with van der Waals surface area (Å²) >= 11 is 0. The molecule has 1 aromatic rings. The summed E-state index contributed by atoms with van der Waals surface area (Å²) in [6.45, 7) is 2.72. The minimum Gasteiger partial charge on any atom is -0.497 e. The van der Waals surface area contributed by atoms with Gasteiger partial charge in [-0.1, -0.05) is 12.1 Å². The van der Waals surface area contributed by atoms with Gasteiger partial charge in [0, 0.05) is 32.2 Å². The van der Waals surface area contributed by atoms with Crippen molar-refractivity contribution in [1.82, 2.24) is 10.2 Å². The van der Waals surface area contributed by atoms with Crippen molar-refractivity contribution in [3.05, 3.63) is 29.8 Å². The van der Waals surface area contributed by atoms with Crippen LogP contribution in [0.5, 0.6) is 5.75 Å². The molecule has 0 saturated carbocycles. The molecule has 21 heavy (non-hydrogen) atoms. The molecule has 3 nitrogen and oxygen atoms in total. The Labute approximate surface area is 128 Å². The third-order valence-electron chi connectivity index (χ3n) is 3.52. The van der Waals surface area contributed by atoms with Crippen molar-refractivity contribution in [3.63, 3.8) is 0 Å². The average molecular weight is 325 g/mol. The molecule has 0 unspecified atom stereocenters. The van der Waals surface area contributed by atoms with Crippen molar-refractivity contribution in [2.45, 2.75) is 18.6 Å². The molecular weight excluding hydrogens is 305 g/mol. The van der Waals surface area contributed by atoms with Crippen LogP contribution < -0.4 is 10.1 Å². The normalized spacial score (nSPS) is 17.9. The molecule has 1 aromatic carbocycles. The molecule has 1 heterocycles. The molecule has 1 aliphatic rings. The molecule has 0 bridgehead atoms. The van der Waals surface area contributed by atoms with Crippen molar-refractivity contribution < 1.29 is 17.9 Å². The summed E-state index contributed by atoms with van der Waals surface area (Å²) in [5.41, 5.74) is 0.685. The number of nitrogens with zero attached hydrogens (tertiary/aromatic N) is 1. The van der Waals surface area contributed by atoms with E-state index in [1.54, 1.807) is 31.4 Å². The Hall–Kier alpha value is -0.980. The Kier molecular flexibility index (Phi) is 6.77. The number of rotatable bonds is 4. The first-order valence-electron chi connectivity index (χ1n) is 6.65. The monoisotopic (exact) mass is 324 g/mol. The van der Waals surface area contributed by atoms with E-state index in [1.165, 1.54) is 0 Å². The van der Waals surface area contributed by atoms with E-state index < -0.39 is 18.6 Å². The largest absolute Gasteiger partial charge is 0.497 e. The number of methoxy groups -OCH3 is 1. The lowest BCUT2D eigenvalue weighted by Gasteiger charge is -2.35. The predicted molar refractivity (Wildman–Crippen MR) is 78.1 cm³/mol. The first-order chi connectivity index (χ1) is 9.49. The van der Waals surface area contributed by atoms with Gasteiger partial charge in [-0.25, -0.2) is 0 Å². The highest BCUT2D eigenvalue weighted by molar-refractivity contribution is 5.85. The molecule has 0 radical (unpaired) electrons. The Bertz CT molecular complexity index is 419. The maximum atomic E-state index is 12.8. The minimum absolute atomic E-state index is 0. The second kappa shape index (κ2) is 7.87. The number of ether oxygens (including phenoxy) is 1. The van der Waals surface area contributed by atoms with Crippen molar-refractivity contribution in [2.75, 3.05) is 33.3 Å². The van der Waals surface area contributed by atoms with Gasteiger partial charge in [-0.05, 0) is 17.7 Å². The zero-order chi connectivity index (χ0) is 14.6. The summed E-state index contributed by atoms with van der Waals surface area (Å²) in [6.07, 6.45) is -4.99. The van der Waals surface area contributed by atoms with Crippen LogP contribution >= 0.6 is 12.4 Å². The fraction of sp³-hybridized carbons (Fsp3) is 0.571. The minimum atomic E-state index is -4.17. The fourth-order valence-corrected chi connectivity index (χ4v) is 2.50. The molecule has 0 aliphatic carbocycles. The first kappa shape index (κ1) is 18.1. The van der Waals surface area contributed by atoms with Crippen LogP contribution in [0, 0.1) is 0 Å². The van der Waals surface area contributed by atoms with E-state index in [0.29, 0.717) is 24.4 Å². The average Bonchev–Trinajstić information content (AvgIpc) is 2.45. The molecule has 1 N–H and O–H groups in total. The fourth-order valence-electron chi connectivity index (χ4n) is 2.50. The summed E-state index contributed by atoms with van der Waals surface area (Å²) < 4.78 is 43.5. The number of alkyl halides is 3. The van der Waals surface area contributed by atoms with Crippen molar-refractivity contribution in [2.24, 2.45) is 0 Å². The van der Waals surface area contributed by atoms with Crippen LogP contribution in [0.4, 0.5) is 13.2 Å². The Morgan fingerprint density at radius 2 is 1.76 bits per heavy atom. The molecule has 1 saturated heterocycles. The van der Waals surface area contributed by atoms with Gasteiger partial charge in [0.05, 0.1) is 13.5 Å². The van der Waals surface area contributed by atoms with E-state index in [4.69, 9.17) is 4.74 Å². The van der Waals surface area contributed by atoms with Crippen LogP contribution in [-0.4, -0.2) is 44.4 Å². The van der Waals surface area contributed by atoms with Crippen LogP contribution in [0.1, 0.15) is 18.0 Å².